The minimum absolute atomic E-state index is 0.0705. The van der Waals surface area contributed by atoms with Gasteiger partial charge in [-0.3, -0.25) is 14.4 Å². The molecule has 3 N–H and O–H groups in total. The number of carbonyl (C=O) groups is 3. The molecule has 1 fully saturated rings. The Morgan fingerprint density at radius 2 is 1.97 bits per heavy atom. The maximum absolute atomic E-state index is 13.0. The highest BCUT2D eigenvalue weighted by molar-refractivity contribution is 6.01. The van der Waals surface area contributed by atoms with Crippen LogP contribution in [-0.4, -0.2) is 46.4 Å². The summed E-state index contributed by atoms with van der Waals surface area (Å²) in [6.45, 7) is 0.502. The molecule has 3 heterocycles. The van der Waals surface area contributed by atoms with Gasteiger partial charge in [-0.25, -0.2) is 9.37 Å². The molecule has 2 aliphatic rings. The molecule has 1 saturated heterocycles. The van der Waals surface area contributed by atoms with Crippen LogP contribution in [0.3, 0.4) is 0 Å². The number of halogens is 1. The van der Waals surface area contributed by atoms with Gasteiger partial charge >= 0.3 is 0 Å². The number of amides is 3. The van der Waals surface area contributed by atoms with Crippen molar-refractivity contribution in [2.75, 3.05) is 18.4 Å². The first-order valence-corrected chi connectivity index (χ1v) is 9.79. The summed E-state index contributed by atoms with van der Waals surface area (Å²) in [4.78, 5) is 43.1. The van der Waals surface area contributed by atoms with Crippen LogP contribution in [0.1, 0.15) is 35.2 Å². The maximum atomic E-state index is 13.0. The molecule has 1 aromatic carbocycles. The van der Waals surface area contributed by atoms with Crippen molar-refractivity contribution >= 4 is 23.5 Å². The predicted molar refractivity (Wildman–Crippen MR) is 107 cm³/mol. The van der Waals surface area contributed by atoms with Crippen LogP contribution in [0.25, 0.3) is 0 Å². The lowest BCUT2D eigenvalue weighted by Gasteiger charge is -2.39. The van der Waals surface area contributed by atoms with Gasteiger partial charge in [-0.2, -0.15) is 0 Å². The first kappa shape index (κ1) is 19.8. The van der Waals surface area contributed by atoms with Gasteiger partial charge < -0.3 is 20.9 Å². The van der Waals surface area contributed by atoms with Gasteiger partial charge in [-0.1, -0.05) is 12.1 Å². The maximum Gasteiger partial charge on any atom is 0.256 e. The number of hydrogen-bond donors (Lipinski definition) is 3. The van der Waals surface area contributed by atoms with Crippen molar-refractivity contribution in [3.05, 3.63) is 59.5 Å². The predicted octanol–water partition coefficient (Wildman–Crippen LogP) is 1.40. The van der Waals surface area contributed by atoms with E-state index in [0.717, 1.165) is 5.56 Å². The number of pyridine rings is 1. The lowest BCUT2D eigenvalue weighted by Crippen LogP contribution is -2.58. The standard InChI is InChI=1S/C21H22FN5O3/c22-15-5-3-14(4-6-15)12-24-17(28)13-27-11-9-21(8-7-18(27)29)25-19-16(20(30)26-21)2-1-10-23-19/h1-6,10H,7-9,11-13H2,(H,23,25)(H,24,28)(H,26,30). The van der Waals surface area contributed by atoms with E-state index in [9.17, 15) is 18.8 Å². The van der Waals surface area contributed by atoms with Crippen LogP contribution in [-0.2, 0) is 16.1 Å². The Balaban J connectivity index is 1.36. The molecule has 1 aromatic heterocycles. The molecular weight excluding hydrogens is 389 g/mol. The number of hydrogen-bond acceptors (Lipinski definition) is 5. The highest BCUT2D eigenvalue weighted by Gasteiger charge is 2.41. The van der Waals surface area contributed by atoms with Crippen molar-refractivity contribution in [2.24, 2.45) is 0 Å². The highest BCUT2D eigenvalue weighted by Crippen LogP contribution is 2.30. The van der Waals surface area contributed by atoms with Crippen LogP contribution in [0.2, 0.25) is 0 Å². The number of rotatable bonds is 4. The quantitative estimate of drug-likeness (QED) is 0.706. The van der Waals surface area contributed by atoms with Crippen molar-refractivity contribution in [1.82, 2.24) is 20.5 Å². The fourth-order valence-electron chi connectivity index (χ4n) is 3.73. The van der Waals surface area contributed by atoms with Crippen LogP contribution in [0.4, 0.5) is 10.2 Å². The zero-order valence-corrected chi connectivity index (χ0v) is 16.3. The van der Waals surface area contributed by atoms with Crippen molar-refractivity contribution < 1.29 is 18.8 Å². The fraction of sp³-hybridized carbons (Fsp3) is 0.333. The Morgan fingerprint density at radius 1 is 1.17 bits per heavy atom. The molecule has 4 rings (SSSR count). The van der Waals surface area contributed by atoms with Gasteiger partial charge in [0.2, 0.25) is 11.8 Å². The minimum Gasteiger partial charge on any atom is -0.350 e. The molecular formula is C21H22FN5O3. The molecule has 1 unspecified atom stereocenters. The van der Waals surface area contributed by atoms with Crippen molar-refractivity contribution in [3.8, 4) is 0 Å². The van der Waals surface area contributed by atoms with Gasteiger partial charge in [0.1, 0.15) is 17.3 Å². The van der Waals surface area contributed by atoms with E-state index in [-0.39, 0.29) is 43.0 Å². The molecule has 3 amide bonds. The molecule has 8 nitrogen and oxygen atoms in total. The number of carbonyl (C=O) groups excluding carboxylic acids is 3. The largest absolute Gasteiger partial charge is 0.350 e. The van der Waals surface area contributed by atoms with Crippen LogP contribution >= 0.6 is 0 Å². The van der Waals surface area contributed by atoms with E-state index in [1.54, 1.807) is 30.5 Å². The molecule has 1 atom stereocenters. The third-order valence-corrected chi connectivity index (χ3v) is 5.43. The number of likely N-dealkylation sites (tertiary alicyclic amines) is 1. The number of benzene rings is 1. The summed E-state index contributed by atoms with van der Waals surface area (Å²) >= 11 is 0. The Kier molecular flexibility index (Phi) is 5.35. The third kappa shape index (κ3) is 4.24. The molecule has 2 aromatic rings. The summed E-state index contributed by atoms with van der Waals surface area (Å²) in [5, 5.41) is 9.00. The topological polar surface area (TPSA) is 103 Å². The summed E-state index contributed by atoms with van der Waals surface area (Å²) in [7, 11) is 0. The van der Waals surface area contributed by atoms with Crippen LogP contribution in [0, 0.1) is 5.82 Å². The number of nitrogens with zero attached hydrogens (tertiary/aromatic N) is 2. The summed E-state index contributed by atoms with van der Waals surface area (Å²) in [5.74, 6) is -0.507. The molecule has 0 bridgehead atoms. The van der Waals surface area contributed by atoms with Gasteiger partial charge in [0.25, 0.3) is 5.91 Å². The van der Waals surface area contributed by atoms with Gasteiger partial charge in [0, 0.05) is 32.1 Å². The highest BCUT2D eigenvalue weighted by atomic mass is 19.1. The van der Waals surface area contributed by atoms with Crippen LogP contribution in [0.5, 0.6) is 0 Å². The van der Waals surface area contributed by atoms with E-state index in [4.69, 9.17) is 0 Å². The average Bonchev–Trinajstić information content (AvgIpc) is 2.88. The van der Waals surface area contributed by atoms with Gasteiger partial charge in [-0.15, -0.1) is 0 Å². The molecule has 0 saturated carbocycles. The Labute approximate surface area is 172 Å². The smallest absolute Gasteiger partial charge is 0.256 e. The van der Waals surface area contributed by atoms with Gasteiger partial charge in [0.05, 0.1) is 12.1 Å². The number of anilines is 1. The van der Waals surface area contributed by atoms with E-state index < -0.39 is 5.66 Å². The number of fused-ring (bicyclic) bond motifs is 1. The first-order chi connectivity index (χ1) is 14.4. The molecule has 1 spiro atoms. The zero-order chi connectivity index (χ0) is 21.1. The van der Waals surface area contributed by atoms with E-state index >= 15 is 0 Å². The number of aromatic nitrogens is 1. The van der Waals surface area contributed by atoms with E-state index in [1.165, 1.54) is 17.0 Å². The van der Waals surface area contributed by atoms with Gasteiger partial charge in [-0.05, 0) is 36.2 Å². The second-order valence-electron chi connectivity index (χ2n) is 7.53. The SMILES string of the molecule is O=C(CN1CCC2(CCC1=O)NC(=O)c1cccnc1N2)NCc1ccc(F)cc1. The summed E-state index contributed by atoms with van der Waals surface area (Å²) in [6, 6.07) is 9.24. The lowest BCUT2D eigenvalue weighted by molar-refractivity contribution is -0.135. The monoisotopic (exact) mass is 411 g/mol. The fourth-order valence-corrected chi connectivity index (χ4v) is 3.73. The second-order valence-corrected chi connectivity index (χ2v) is 7.53. The summed E-state index contributed by atoms with van der Waals surface area (Å²) in [5.41, 5.74) is 0.467. The number of nitrogens with one attached hydrogen (secondary N) is 3. The van der Waals surface area contributed by atoms with Crippen molar-refractivity contribution in [1.29, 1.82) is 0 Å². The Hall–Kier alpha value is -3.49. The molecule has 30 heavy (non-hydrogen) atoms. The van der Waals surface area contributed by atoms with E-state index in [0.29, 0.717) is 30.8 Å². The van der Waals surface area contributed by atoms with Crippen LogP contribution < -0.4 is 16.0 Å². The normalized spacial score (nSPS) is 20.8. The summed E-state index contributed by atoms with van der Waals surface area (Å²) < 4.78 is 13.0. The van der Waals surface area contributed by atoms with Gasteiger partial charge in [0.15, 0.2) is 0 Å². The second kappa shape index (κ2) is 8.10. The van der Waals surface area contributed by atoms with E-state index in [2.05, 4.69) is 20.9 Å². The Bertz CT molecular complexity index is 981. The zero-order valence-electron chi connectivity index (χ0n) is 16.3. The minimum atomic E-state index is -0.770. The summed E-state index contributed by atoms with van der Waals surface area (Å²) in [6.07, 6.45) is 2.66. The van der Waals surface area contributed by atoms with E-state index in [1.807, 2.05) is 0 Å². The van der Waals surface area contributed by atoms with Crippen molar-refractivity contribution in [3.63, 3.8) is 0 Å². The van der Waals surface area contributed by atoms with Crippen LogP contribution in [0.15, 0.2) is 42.6 Å². The Morgan fingerprint density at radius 3 is 2.77 bits per heavy atom. The molecule has 156 valence electrons. The lowest BCUT2D eigenvalue weighted by atomic mass is 9.97. The first-order valence-electron chi connectivity index (χ1n) is 9.79. The third-order valence-electron chi connectivity index (χ3n) is 5.43. The average molecular weight is 411 g/mol. The van der Waals surface area contributed by atoms with Crippen molar-refractivity contribution in [2.45, 2.75) is 31.5 Å². The molecule has 0 aliphatic carbocycles. The molecule has 9 heteroatoms. The molecule has 0 radical (unpaired) electrons. The molecule has 2 aliphatic heterocycles.